The molecule has 1 aliphatic heterocycles. The predicted molar refractivity (Wildman–Crippen MR) is 84.3 cm³/mol. The second-order valence-corrected chi connectivity index (χ2v) is 4.45. The fourth-order valence-electron chi connectivity index (χ4n) is 2.26. The fourth-order valence-corrected chi connectivity index (χ4v) is 2.26. The first-order chi connectivity index (χ1) is 8.15. The van der Waals surface area contributed by atoms with Crippen molar-refractivity contribution in [3.05, 3.63) is 23.8 Å². The lowest BCUT2D eigenvalue weighted by Crippen LogP contribution is -2.45. The average Bonchev–Trinajstić information content (AvgIpc) is 2.37. The molecule has 0 spiro atoms. The van der Waals surface area contributed by atoms with Crippen molar-refractivity contribution in [2.75, 3.05) is 17.2 Å². The standard InChI is InChI=1S/C13H19N3O.2ClH/c1-2-10(14)13(17)16-8-4-5-9-11(15)6-3-7-12(9)16;;/h3,6-7,10H,2,4-5,8,14-15H2,1H3;2*1H/t10-;;/m0../s1. The summed E-state index contributed by atoms with van der Waals surface area (Å²) in [6, 6.07) is 5.30. The van der Waals surface area contributed by atoms with Crippen LogP contribution in [0.15, 0.2) is 18.2 Å². The molecule has 6 heteroatoms. The molecule has 1 aromatic carbocycles. The summed E-state index contributed by atoms with van der Waals surface area (Å²) in [5.74, 6) is -0.000880. The van der Waals surface area contributed by atoms with Crippen LogP contribution in [-0.4, -0.2) is 18.5 Å². The van der Waals surface area contributed by atoms with Gasteiger partial charge in [0.1, 0.15) is 0 Å². The van der Waals surface area contributed by atoms with Gasteiger partial charge in [-0.05, 0) is 37.0 Å². The summed E-state index contributed by atoms with van der Waals surface area (Å²) in [5.41, 5.74) is 14.5. The van der Waals surface area contributed by atoms with Crippen molar-refractivity contribution in [1.29, 1.82) is 0 Å². The fraction of sp³-hybridized carbons (Fsp3) is 0.462. The average molecular weight is 306 g/mol. The lowest BCUT2D eigenvalue weighted by atomic mass is 9.99. The molecule has 0 aliphatic carbocycles. The molecule has 0 bridgehead atoms. The number of nitrogen functional groups attached to an aromatic ring is 1. The van der Waals surface area contributed by atoms with Gasteiger partial charge in [0, 0.05) is 17.9 Å². The van der Waals surface area contributed by atoms with E-state index < -0.39 is 6.04 Å². The highest BCUT2D eigenvalue weighted by molar-refractivity contribution is 5.98. The van der Waals surface area contributed by atoms with Crippen molar-refractivity contribution in [1.82, 2.24) is 0 Å². The van der Waals surface area contributed by atoms with Crippen molar-refractivity contribution in [3.63, 3.8) is 0 Å². The van der Waals surface area contributed by atoms with Crippen LogP contribution in [0.4, 0.5) is 11.4 Å². The van der Waals surface area contributed by atoms with Gasteiger partial charge in [0.25, 0.3) is 0 Å². The molecule has 1 aliphatic rings. The minimum Gasteiger partial charge on any atom is -0.398 e. The van der Waals surface area contributed by atoms with E-state index in [0.717, 1.165) is 36.3 Å². The molecule has 0 aromatic heterocycles. The molecule has 0 unspecified atom stereocenters. The van der Waals surface area contributed by atoms with Crippen LogP contribution >= 0.6 is 24.8 Å². The van der Waals surface area contributed by atoms with Gasteiger partial charge in [0.2, 0.25) is 5.91 Å². The number of benzene rings is 1. The van der Waals surface area contributed by atoms with Crippen LogP contribution in [0.1, 0.15) is 25.3 Å². The minimum atomic E-state index is -0.414. The van der Waals surface area contributed by atoms with Gasteiger partial charge >= 0.3 is 0 Å². The molecule has 0 saturated heterocycles. The van der Waals surface area contributed by atoms with Gasteiger partial charge in [0.15, 0.2) is 0 Å². The van der Waals surface area contributed by atoms with Gasteiger partial charge < -0.3 is 16.4 Å². The van der Waals surface area contributed by atoms with Crippen LogP contribution in [0, 0.1) is 0 Å². The van der Waals surface area contributed by atoms with Crippen molar-refractivity contribution < 1.29 is 4.79 Å². The maximum atomic E-state index is 12.2. The number of amides is 1. The highest BCUT2D eigenvalue weighted by atomic mass is 35.5. The van der Waals surface area contributed by atoms with E-state index in [2.05, 4.69) is 0 Å². The predicted octanol–water partition coefficient (Wildman–Crippen LogP) is 2.13. The van der Waals surface area contributed by atoms with Crippen LogP contribution < -0.4 is 16.4 Å². The lowest BCUT2D eigenvalue weighted by molar-refractivity contribution is -0.120. The van der Waals surface area contributed by atoms with E-state index in [4.69, 9.17) is 11.5 Å². The summed E-state index contributed by atoms with van der Waals surface area (Å²) in [4.78, 5) is 13.9. The van der Waals surface area contributed by atoms with Crippen molar-refractivity contribution >= 4 is 42.1 Å². The second-order valence-electron chi connectivity index (χ2n) is 4.45. The second kappa shape index (κ2) is 7.58. The van der Waals surface area contributed by atoms with Crippen LogP contribution in [0.5, 0.6) is 0 Å². The highest BCUT2D eigenvalue weighted by Crippen LogP contribution is 2.31. The number of fused-ring (bicyclic) bond motifs is 1. The van der Waals surface area contributed by atoms with Crippen molar-refractivity contribution in [2.45, 2.75) is 32.2 Å². The molecule has 19 heavy (non-hydrogen) atoms. The Kier molecular flexibility index (Phi) is 7.19. The molecule has 0 radical (unpaired) electrons. The van der Waals surface area contributed by atoms with E-state index in [0.29, 0.717) is 6.42 Å². The Hall–Kier alpha value is -0.970. The topological polar surface area (TPSA) is 72.4 Å². The van der Waals surface area contributed by atoms with Gasteiger partial charge in [-0.2, -0.15) is 0 Å². The third-order valence-corrected chi connectivity index (χ3v) is 3.31. The summed E-state index contributed by atoms with van der Waals surface area (Å²) < 4.78 is 0. The maximum absolute atomic E-state index is 12.2. The summed E-state index contributed by atoms with van der Waals surface area (Å²) in [6.07, 6.45) is 2.55. The Labute approximate surface area is 126 Å². The SMILES string of the molecule is CC[C@H](N)C(=O)N1CCCc2c(N)cccc21.Cl.Cl. The molecule has 0 fully saturated rings. The number of hydrogen-bond donors (Lipinski definition) is 2. The number of carbonyl (C=O) groups is 1. The highest BCUT2D eigenvalue weighted by Gasteiger charge is 2.26. The Morgan fingerprint density at radius 3 is 2.74 bits per heavy atom. The summed E-state index contributed by atoms with van der Waals surface area (Å²) in [6.45, 7) is 2.66. The van der Waals surface area contributed by atoms with E-state index in [1.54, 1.807) is 4.90 Å². The molecule has 108 valence electrons. The molecular formula is C13H21Cl2N3O. The van der Waals surface area contributed by atoms with E-state index in [9.17, 15) is 4.79 Å². The number of hydrogen-bond acceptors (Lipinski definition) is 3. The summed E-state index contributed by atoms with van der Waals surface area (Å²) >= 11 is 0. The van der Waals surface area contributed by atoms with E-state index in [1.165, 1.54) is 0 Å². The Morgan fingerprint density at radius 1 is 1.42 bits per heavy atom. The zero-order valence-electron chi connectivity index (χ0n) is 11.0. The van der Waals surface area contributed by atoms with Crippen molar-refractivity contribution in [2.24, 2.45) is 5.73 Å². The smallest absolute Gasteiger partial charge is 0.243 e. The van der Waals surface area contributed by atoms with Crippen LogP contribution in [0.2, 0.25) is 0 Å². The Bertz CT molecular complexity index is 440. The molecule has 1 atom stereocenters. The first kappa shape index (κ1) is 18.0. The van der Waals surface area contributed by atoms with Gasteiger partial charge in [-0.15, -0.1) is 24.8 Å². The Morgan fingerprint density at radius 2 is 2.11 bits per heavy atom. The monoisotopic (exact) mass is 305 g/mol. The van der Waals surface area contributed by atoms with Gasteiger partial charge in [0.05, 0.1) is 6.04 Å². The maximum Gasteiger partial charge on any atom is 0.243 e. The number of nitrogens with two attached hydrogens (primary N) is 2. The van der Waals surface area contributed by atoms with E-state index in [-0.39, 0.29) is 30.7 Å². The zero-order chi connectivity index (χ0) is 12.4. The van der Waals surface area contributed by atoms with Crippen LogP contribution in [0.25, 0.3) is 0 Å². The molecule has 1 heterocycles. The van der Waals surface area contributed by atoms with Gasteiger partial charge in [-0.25, -0.2) is 0 Å². The zero-order valence-corrected chi connectivity index (χ0v) is 12.6. The third-order valence-electron chi connectivity index (χ3n) is 3.31. The van der Waals surface area contributed by atoms with Gasteiger partial charge in [-0.1, -0.05) is 13.0 Å². The summed E-state index contributed by atoms with van der Waals surface area (Å²) in [5, 5.41) is 0. The first-order valence-corrected chi connectivity index (χ1v) is 6.09. The van der Waals surface area contributed by atoms with Crippen molar-refractivity contribution in [3.8, 4) is 0 Å². The van der Waals surface area contributed by atoms with Crippen LogP contribution in [-0.2, 0) is 11.2 Å². The molecule has 1 amide bonds. The quantitative estimate of drug-likeness (QED) is 0.822. The minimum absolute atomic E-state index is 0. The number of rotatable bonds is 2. The van der Waals surface area contributed by atoms with Gasteiger partial charge in [-0.3, -0.25) is 4.79 Å². The number of anilines is 2. The van der Waals surface area contributed by atoms with E-state index >= 15 is 0 Å². The molecule has 0 saturated carbocycles. The largest absolute Gasteiger partial charge is 0.398 e. The summed E-state index contributed by atoms with van der Waals surface area (Å²) in [7, 11) is 0. The molecule has 1 aromatic rings. The molecule has 4 N–H and O–H groups in total. The number of carbonyl (C=O) groups excluding carboxylic acids is 1. The molecular weight excluding hydrogens is 285 g/mol. The molecule has 4 nitrogen and oxygen atoms in total. The first-order valence-electron chi connectivity index (χ1n) is 6.09. The normalized spacial score (nSPS) is 14.7. The van der Waals surface area contributed by atoms with E-state index in [1.807, 2.05) is 25.1 Å². The molecule has 2 rings (SSSR count). The third kappa shape index (κ3) is 3.53. The number of nitrogens with zero attached hydrogens (tertiary/aromatic N) is 1. The lowest BCUT2D eigenvalue weighted by Gasteiger charge is -2.31. The number of halogens is 2. The van der Waals surface area contributed by atoms with Crippen LogP contribution in [0.3, 0.4) is 0 Å². The Balaban J connectivity index is 0.00000162.